The van der Waals surface area contributed by atoms with E-state index in [-0.39, 0.29) is 11.5 Å². The maximum atomic E-state index is 13.5. The average Bonchev–Trinajstić information content (AvgIpc) is 3.08. The molecule has 0 N–H and O–H groups in total. The van der Waals surface area contributed by atoms with Gasteiger partial charge in [0.1, 0.15) is 16.4 Å². The Morgan fingerprint density at radius 1 is 1.36 bits per heavy atom. The lowest BCUT2D eigenvalue weighted by Gasteiger charge is -2.15. The number of fused-ring (bicyclic) bond motifs is 1. The molecule has 0 saturated heterocycles. The molecule has 0 aliphatic carbocycles. The molecule has 6 heteroatoms. The fourth-order valence-electron chi connectivity index (χ4n) is 3.45. The SMILES string of the molecule is CCc1sc2nc(C(C)C)n(CCCC#N)c(=O)c2c1-c1cccc(OC)c1. The van der Waals surface area contributed by atoms with Crippen LogP contribution in [0.3, 0.4) is 0 Å². The topological polar surface area (TPSA) is 67.9 Å². The predicted molar refractivity (Wildman–Crippen MR) is 114 cm³/mol. The Labute approximate surface area is 169 Å². The molecule has 0 radical (unpaired) electrons. The van der Waals surface area contributed by atoms with Crippen molar-refractivity contribution in [3.63, 3.8) is 0 Å². The monoisotopic (exact) mass is 395 g/mol. The molecule has 0 atom stereocenters. The lowest BCUT2D eigenvalue weighted by atomic mass is 10.0. The molecule has 2 heterocycles. The van der Waals surface area contributed by atoms with E-state index in [1.807, 2.05) is 38.1 Å². The maximum absolute atomic E-state index is 13.5. The number of aromatic nitrogens is 2. The lowest BCUT2D eigenvalue weighted by Crippen LogP contribution is -2.26. The highest BCUT2D eigenvalue weighted by molar-refractivity contribution is 7.19. The third-order valence-electron chi connectivity index (χ3n) is 4.78. The number of hydrogen-bond donors (Lipinski definition) is 0. The van der Waals surface area contributed by atoms with E-state index in [4.69, 9.17) is 15.0 Å². The first kappa shape index (κ1) is 20.1. The van der Waals surface area contributed by atoms with Crippen LogP contribution >= 0.6 is 11.3 Å². The summed E-state index contributed by atoms with van der Waals surface area (Å²) in [4.78, 5) is 20.4. The fourth-order valence-corrected chi connectivity index (χ4v) is 4.58. The van der Waals surface area contributed by atoms with Crippen molar-refractivity contribution in [1.29, 1.82) is 5.26 Å². The summed E-state index contributed by atoms with van der Waals surface area (Å²) in [5.74, 6) is 1.68. The number of hydrogen-bond acceptors (Lipinski definition) is 5. The van der Waals surface area contributed by atoms with Crippen LogP contribution in [-0.2, 0) is 13.0 Å². The maximum Gasteiger partial charge on any atom is 0.262 e. The summed E-state index contributed by atoms with van der Waals surface area (Å²) in [6.45, 7) is 6.71. The molecule has 28 heavy (non-hydrogen) atoms. The molecule has 0 fully saturated rings. The van der Waals surface area contributed by atoms with Crippen molar-refractivity contribution in [2.24, 2.45) is 0 Å². The fraction of sp³-hybridized carbons (Fsp3) is 0.409. The number of thiophene rings is 1. The molecule has 0 amide bonds. The second kappa shape index (κ2) is 8.57. The van der Waals surface area contributed by atoms with Gasteiger partial charge in [-0.1, -0.05) is 32.9 Å². The Bertz CT molecular complexity index is 1090. The zero-order valence-electron chi connectivity index (χ0n) is 16.8. The molecule has 146 valence electrons. The number of rotatable bonds is 7. The predicted octanol–water partition coefficient (Wildman–Crippen LogP) is 5.12. The molecular formula is C22H25N3O2S. The van der Waals surface area contributed by atoms with Gasteiger partial charge in [-0.3, -0.25) is 9.36 Å². The molecule has 1 aromatic carbocycles. The van der Waals surface area contributed by atoms with Gasteiger partial charge >= 0.3 is 0 Å². The van der Waals surface area contributed by atoms with Crippen molar-refractivity contribution in [3.05, 3.63) is 45.3 Å². The van der Waals surface area contributed by atoms with E-state index in [1.54, 1.807) is 23.0 Å². The molecule has 3 aromatic rings. The van der Waals surface area contributed by atoms with Gasteiger partial charge in [-0.15, -0.1) is 11.3 Å². The number of methoxy groups -OCH3 is 1. The van der Waals surface area contributed by atoms with Crippen molar-refractivity contribution in [2.75, 3.05) is 7.11 Å². The minimum atomic E-state index is -0.0135. The number of benzene rings is 1. The largest absolute Gasteiger partial charge is 0.497 e. The number of unbranched alkanes of at least 4 members (excludes halogenated alkanes) is 1. The summed E-state index contributed by atoms with van der Waals surface area (Å²) >= 11 is 1.60. The van der Waals surface area contributed by atoms with E-state index in [0.29, 0.717) is 24.8 Å². The van der Waals surface area contributed by atoms with Gasteiger partial charge in [0.25, 0.3) is 5.56 Å². The highest BCUT2D eigenvalue weighted by Gasteiger charge is 2.22. The van der Waals surface area contributed by atoms with Gasteiger partial charge in [-0.25, -0.2) is 4.98 Å². The van der Waals surface area contributed by atoms with E-state index >= 15 is 0 Å². The van der Waals surface area contributed by atoms with Gasteiger partial charge in [0, 0.05) is 29.3 Å². The minimum absolute atomic E-state index is 0.0135. The first-order valence-electron chi connectivity index (χ1n) is 9.59. The van der Waals surface area contributed by atoms with E-state index in [0.717, 1.165) is 38.8 Å². The van der Waals surface area contributed by atoms with Crippen LogP contribution in [0.2, 0.25) is 0 Å². The van der Waals surface area contributed by atoms with Crippen molar-refractivity contribution in [1.82, 2.24) is 9.55 Å². The normalized spacial score (nSPS) is 11.1. The molecule has 2 aromatic heterocycles. The summed E-state index contributed by atoms with van der Waals surface area (Å²) in [5.41, 5.74) is 1.92. The van der Waals surface area contributed by atoms with Crippen molar-refractivity contribution in [3.8, 4) is 22.9 Å². The van der Waals surface area contributed by atoms with Crippen LogP contribution in [0.15, 0.2) is 29.1 Å². The van der Waals surface area contributed by atoms with Crippen molar-refractivity contribution >= 4 is 21.6 Å². The summed E-state index contributed by atoms with van der Waals surface area (Å²) in [6.07, 6.45) is 1.90. The van der Waals surface area contributed by atoms with Gasteiger partial charge in [0.05, 0.1) is 18.6 Å². The van der Waals surface area contributed by atoms with Gasteiger partial charge in [0.2, 0.25) is 0 Å². The van der Waals surface area contributed by atoms with Gasteiger partial charge in [-0.2, -0.15) is 5.26 Å². The molecular weight excluding hydrogens is 370 g/mol. The first-order valence-corrected chi connectivity index (χ1v) is 10.4. The summed E-state index contributed by atoms with van der Waals surface area (Å²) < 4.78 is 7.15. The van der Waals surface area contributed by atoms with E-state index in [2.05, 4.69) is 13.0 Å². The smallest absolute Gasteiger partial charge is 0.262 e. The summed E-state index contributed by atoms with van der Waals surface area (Å²) in [6, 6.07) is 9.99. The van der Waals surface area contributed by atoms with Crippen LogP contribution in [0.1, 0.15) is 50.2 Å². The average molecular weight is 396 g/mol. The second-order valence-electron chi connectivity index (χ2n) is 7.01. The quantitative estimate of drug-likeness (QED) is 0.521. The van der Waals surface area contributed by atoms with Crippen LogP contribution < -0.4 is 10.3 Å². The Morgan fingerprint density at radius 3 is 2.79 bits per heavy atom. The summed E-state index contributed by atoms with van der Waals surface area (Å²) in [5, 5.41) is 9.56. The highest BCUT2D eigenvalue weighted by Crippen LogP contribution is 2.38. The Balaban J connectivity index is 2.31. The number of ether oxygens (including phenoxy) is 1. The van der Waals surface area contributed by atoms with Gasteiger partial charge in [-0.05, 0) is 30.5 Å². The molecule has 3 rings (SSSR count). The molecule has 5 nitrogen and oxygen atoms in total. The van der Waals surface area contributed by atoms with Crippen LogP contribution in [0.4, 0.5) is 0 Å². The Kier molecular flexibility index (Phi) is 6.15. The van der Waals surface area contributed by atoms with E-state index in [1.165, 1.54) is 0 Å². The number of aryl methyl sites for hydroxylation is 1. The third kappa shape index (κ3) is 3.67. The van der Waals surface area contributed by atoms with Crippen LogP contribution in [0.25, 0.3) is 21.3 Å². The summed E-state index contributed by atoms with van der Waals surface area (Å²) in [7, 11) is 1.64. The zero-order valence-corrected chi connectivity index (χ0v) is 17.6. The zero-order chi connectivity index (χ0) is 20.3. The number of nitrogens with zero attached hydrogens (tertiary/aromatic N) is 3. The second-order valence-corrected chi connectivity index (χ2v) is 8.09. The van der Waals surface area contributed by atoms with Crippen molar-refractivity contribution < 1.29 is 4.74 Å². The van der Waals surface area contributed by atoms with Crippen LogP contribution in [-0.4, -0.2) is 16.7 Å². The molecule has 0 aliphatic rings. The third-order valence-corrected chi connectivity index (χ3v) is 6.01. The van der Waals surface area contributed by atoms with Gasteiger partial charge < -0.3 is 4.74 Å². The minimum Gasteiger partial charge on any atom is -0.497 e. The lowest BCUT2D eigenvalue weighted by molar-refractivity contribution is 0.415. The standard InChI is InChI=1S/C22H25N3O2S/c1-5-17-18(15-9-8-10-16(13-15)27-4)19-21(28-17)24-20(14(2)3)25(22(19)26)12-7-6-11-23/h8-10,13-14H,5-7,12H2,1-4H3. The molecule has 0 aliphatic heterocycles. The molecule has 0 saturated carbocycles. The molecule has 0 spiro atoms. The van der Waals surface area contributed by atoms with E-state index in [9.17, 15) is 4.79 Å². The Hall–Kier alpha value is -2.65. The number of nitriles is 1. The molecule has 0 bridgehead atoms. The van der Waals surface area contributed by atoms with Gasteiger partial charge in [0.15, 0.2) is 0 Å². The van der Waals surface area contributed by atoms with E-state index < -0.39 is 0 Å². The highest BCUT2D eigenvalue weighted by atomic mass is 32.1. The van der Waals surface area contributed by atoms with Crippen LogP contribution in [0.5, 0.6) is 5.75 Å². The Morgan fingerprint density at radius 2 is 2.14 bits per heavy atom. The van der Waals surface area contributed by atoms with Crippen molar-refractivity contribution in [2.45, 2.75) is 52.5 Å². The van der Waals surface area contributed by atoms with Crippen LogP contribution in [0, 0.1) is 11.3 Å². The molecule has 0 unspecified atom stereocenters. The first-order chi connectivity index (χ1) is 13.5.